The van der Waals surface area contributed by atoms with Crippen LogP contribution in [0.15, 0.2) is 16.9 Å². The molecular formula is C11H20ClN3O. The number of rotatable bonds is 4. The van der Waals surface area contributed by atoms with Gasteiger partial charge in [-0.2, -0.15) is 0 Å². The molecule has 1 saturated heterocycles. The van der Waals surface area contributed by atoms with Crippen LogP contribution in [0.25, 0.3) is 0 Å². The molecule has 0 unspecified atom stereocenters. The maximum Gasteiger partial charge on any atom is 0.124 e. The third-order valence-corrected chi connectivity index (χ3v) is 3.08. The maximum absolute atomic E-state index is 4.83. The van der Waals surface area contributed by atoms with Crippen LogP contribution >= 0.6 is 12.4 Å². The lowest BCUT2D eigenvalue weighted by Crippen LogP contribution is -2.36. The number of nitrogens with zero attached hydrogens (tertiary/aromatic N) is 2. The van der Waals surface area contributed by atoms with E-state index in [0.29, 0.717) is 0 Å². The molecule has 0 atom stereocenters. The van der Waals surface area contributed by atoms with E-state index in [1.165, 1.54) is 25.9 Å². The number of likely N-dealkylation sites (tertiary alicyclic amines) is 1. The number of aromatic nitrogens is 1. The molecule has 1 fully saturated rings. The highest BCUT2D eigenvalue weighted by Gasteiger charge is 2.18. The SMILES string of the molecule is CNCC1CCN(Cc2ccon2)CC1.Cl. The Morgan fingerprint density at radius 3 is 2.81 bits per heavy atom. The summed E-state index contributed by atoms with van der Waals surface area (Å²) >= 11 is 0. The molecule has 0 bridgehead atoms. The Labute approximate surface area is 103 Å². The van der Waals surface area contributed by atoms with E-state index in [1.807, 2.05) is 13.1 Å². The zero-order valence-electron chi connectivity index (χ0n) is 9.69. The average Bonchev–Trinajstić information content (AvgIpc) is 2.74. The molecule has 0 aromatic carbocycles. The molecule has 1 aliphatic rings. The first kappa shape index (κ1) is 13.5. The number of piperidine rings is 1. The zero-order valence-corrected chi connectivity index (χ0v) is 10.5. The minimum Gasteiger partial charge on any atom is -0.364 e. The van der Waals surface area contributed by atoms with Crippen LogP contribution in [0.5, 0.6) is 0 Å². The number of halogens is 1. The summed E-state index contributed by atoms with van der Waals surface area (Å²) < 4.78 is 4.83. The molecule has 0 radical (unpaired) electrons. The second-order valence-corrected chi connectivity index (χ2v) is 4.27. The molecule has 4 nitrogen and oxygen atoms in total. The summed E-state index contributed by atoms with van der Waals surface area (Å²) in [6.07, 6.45) is 4.22. The van der Waals surface area contributed by atoms with E-state index in [4.69, 9.17) is 4.52 Å². The number of hydrogen-bond acceptors (Lipinski definition) is 4. The van der Waals surface area contributed by atoms with Gasteiger partial charge >= 0.3 is 0 Å². The van der Waals surface area contributed by atoms with Crippen molar-refractivity contribution in [2.24, 2.45) is 5.92 Å². The lowest BCUT2D eigenvalue weighted by molar-refractivity contribution is 0.173. The van der Waals surface area contributed by atoms with Crippen LogP contribution in [0.2, 0.25) is 0 Å². The van der Waals surface area contributed by atoms with Crippen molar-refractivity contribution in [2.45, 2.75) is 19.4 Å². The van der Waals surface area contributed by atoms with E-state index in [-0.39, 0.29) is 12.4 Å². The van der Waals surface area contributed by atoms with Crippen molar-refractivity contribution in [3.63, 3.8) is 0 Å². The number of hydrogen-bond donors (Lipinski definition) is 1. The van der Waals surface area contributed by atoms with Crippen molar-refractivity contribution < 1.29 is 4.52 Å². The Kier molecular flexibility index (Phi) is 5.80. The Hall–Kier alpha value is -0.580. The normalized spacial score (nSPS) is 18.3. The smallest absolute Gasteiger partial charge is 0.124 e. The quantitative estimate of drug-likeness (QED) is 0.874. The van der Waals surface area contributed by atoms with E-state index in [1.54, 1.807) is 6.26 Å². The molecule has 0 spiro atoms. The van der Waals surface area contributed by atoms with Gasteiger partial charge in [0.15, 0.2) is 0 Å². The maximum atomic E-state index is 4.83. The van der Waals surface area contributed by atoms with Crippen LogP contribution < -0.4 is 5.32 Å². The predicted octanol–water partition coefficient (Wildman–Crippen LogP) is 1.53. The molecule has 5 heteroatoms. The minimum atomic E-state index is 0. The van der Waals surface area contributed by atoms with Gasteiger partial charge < -0.3 is 9.84 Å². The van der Waals surface area contributed by atoms with Gasteiger partial charge in [0.1, 0.15) is 6.26 Å². The second-order valence-electron chi connectivity index (χ2n) is 4.27. The third-order valence-electron chi connectivity index (χ3n) is 3.08. The standard InChI is InChI=1S/C11H19N3O.ClH/c1-12-8-10-2-5-14(6-3-10)9-11-4-7-15-13-11;/h4,7,10,12H,2-3,5-6,8-9H2,1H3;1H. The van der Waals surface area contributed by atoms with Crippen molar-refractivity contribution in [3.05, 3.63) is 18.0 Å². The van der Waals surface area contributed by atoms with Crippen LogP contribution in [0.3, 0.4) is 0 Å². The predicted molar refractivity (Wildman–Crippen MR) is 65.7 cm³/mol. The van der Waals surface area contributed by atoms with E-state index in [2.05, 4.69) is 15.4 Å². The van der Waals surface area contributed by atoms with Gasteiger partial charge in [0.25, 0.3) is 0 Å². The van der Waals surface area contributed by atoms with Gasteiger partial charge in [-0.05, 0) is 45.4 Å². The minimum absolute atomic E-state index is 0. The van der Waals surface area contributed by atoms with Gasteiger partial charge in [-0.15, -0.1) is 12.4 Å². The molecule has 1 N–H and O–H groups in total. The van der Waals surface area contributed by atoms with Crippen molar-refractivity contribution in [1.82, 2.24) is 15.4 Å². The Morgan fingerprint density at radius 2 is 2.25 bits per heavy atom. The molecule has 1 aromatic rings. The molecule has 1 aliphatic heterocycles. The highest BCUT2D eigenvalue weighted by Crippen LogP contribution is 2.17. The molecule has 0 aliphatic carbocycles. The van der Waals surface area contributed by atoms with Crippen LogP contribution in [-0.4, -0.2) is 36.7 Å². The first-order chi connectivity index (χ1) is 7.38. The fraction of sp³-hybridized carbons (Fsp3) is 0.727. The Bertz CT molecular complexity index is 271. The Morgan fingerprint density at radius 1 is 1.50 bits per heavy atom. The fourth-order valence-corrected chi connectivity index (χ4v) is 2.19. The molecular weight excluding hydrogens is 226 g/mol. The molecule has 16 heavy (non-hydrogen) atoms. The topological polar surface area (TPSA) is 41.3 Å². The van der Waals surface area contributed by atoms with Gasteiger partial charge in [0.05, 0.1) is 5.69 Å². The highest BCUT2D eigenvalue weighted by molar-refractivity contribution is 5.85. The van der Waals surface area contributed by atoms with E-state index >= 15 is 0 Å². The van der Waals surface area contributed by atoms with Crippen molar-refractivity contribution in [1.29, 1.82) is 0 Å². The van der Waals surface area contributed by atoms with Crippen LogP contribution in [0, 0.1) is 5.92 Å². The Balaban J connectivity index is 0.00000128. The second kappa shape index (κ2) is 6.89. The first-order valence-corrected chi connectivity index (χ1v) is 5.64. The molecule has 92 valence electrons. The molecule has 0 saturated carbocycles. The summed E-state index contributed by atoms with van der Waals surface area (Å²) in [5.74, 6) is 0.851. The highest BCUT2D eigenvalue weighted by atomic mass is 35.5. The molecule has 0 amide bonds. The zero-order chi connectivity index (χ0) is 10.5. The summed E-state index contributed by atoms with van der Waals surface area (Å²) in [4.78, 5) is 2.45. The lowest BCUT2D eigenvalue weighted by atomic mass is 9.97. The van der Waals surface area contributed by atoms with Crippen molar-refractivity contribution in [2.75, 3.05) is 26.7 Å². The van der Waals surface area contributed by atoms with Crippen LogP contribution in [0.4, 0.5) is 0 Å². The molecule has 2 rings (SSSR count). The van der Waals surface area contributed by atoms with Gasteiger partial charge in [-0.1, -0.05) is 5.16 Å². The van der Waals surface area contributed by atoms with E-state index in [9.17, 15) is 0 Å². The van der Waals surface area contributed by atoms with Crippen LogP contribution in [-0.2, 0) is 6.54 Å². The summed E-state index contributed by atoms with van der Waals surface area (Å²) in [6, 6.07) is 1.94. The van der Waals surface area contributed by atoms with Crippen molar-refractivity contribution >= 4 is 12.4 Å². The van der Waals surface area contributed by atoms with E-state index in [0.717, 1.165) is 24.7 Å². The average molecular weight is 246 g/mol. The monoisotopic (exact) mass is 245 g/mol. The largest absolute Gasteiger partial charge is 0.364 e. The van der Waals surface area contributed by atoms with Gasteiger partial charge in [0.2, 0.25) is 0 Å². The lowest BCUT2D eigenvalue weighted by Gasteiger charge is -2.31. The fourth-order valence-electron chi connectivity index (χ4n) is 2.19. The van der Waals surface area contributed by atoms with Gasteiger partial charge in [-0.25, -0.2) is 0 Å². The van der Waals surface area contributed by atoms with E-state index < -0.39 is 0 Å². The molecule has 2 heterocycles. The molecule has 1 aromatic heterocycles. The summed E-state index contributed by atoms with van der Waals surface area (Å²) in [5, 5.41) is 7.19. The van der Waals surface area contributed by atoms with Gasteiger partial charge in [0, 0.05) is 12.6 Å². The van der Waals surface area contributed by atoms with Crippen molar-refractivity contribution in [3.8, 4) is 0 Å². The summed E-state index contributed by atoms with van der Waals surface area (Å²) in [5.41, 5.74) is 1.04. The first-order valence-electron chi connectivity index (χ1n) is 5.64. The van der Waals surface area contributed by atoms with Crippen LogP contribution in [0.1, 0.15) is 18.5 Å². The summed E-state index contributed by atoms with van der Waals surface area (Å²) in [7, 11) is 2.03. The number of nitrogens with one attached hydrogen (secondary N) is 1. The summed E-state index contributed by atoms with van der Waals surface area (Å²) in [6.45, 7) is 4.44. The third kappa shape index (κ3) is 3.77. The van der Waals surface area contributed by atoms with Gasteiger partial charge in [-0.3, -0.25) is 4.90 Å².